The highest BCUT2D eigenvalue weighted by Crippen LogP contribution is 2.17. The molecule has 0 saturated carbocycles. The molecule has 0 heterocycles. The summed E-state index contributed by atoms with van der Waals surface area (Å²) in [4.78, 5) is 0. The molecule has 1 atom stereocenters. The third kappa shape index (κ3) is 6.49. The van der Waals surface area contributed by atoms with Crippen LogP contribution in [0.5, 0.6) is 0 Å². The van der Waals surface area contributed by atoms with E-state index >= 15 is 0 Å². The van der Waals surface area contributed by atoms with Crippen LogP contribution in [0.3, 0.4) is 0 Å². The Morgan fingerprint density at radius 2 is 1.68 bits per heavy atom. The molecule has 1 nitrogen and oxygen atoms in total. The number of hydrogen-bond donors (Lipinski definition) is 1. The third-order valence-electron chi connectivity index (χ3n) is 3.25. The number of benzene rings is 1. The van der Waals surface area contributed by atoms with Gasteiger partial charge in [0.05, 0.1) is 0 Å². The van der Waals surface area contributed by atoms with E-state index in [4.69, 9.17) is 0 Å². The molecule has 0 fully saturated rings. The molecule has 2 heteroatoms. The van der Waals surface area contributed by atoms with Crippen molar-refractivity contribution < 1.29 is 0 Å². The summed E-state index contributed by atoms with van der Waals surface area (Å²) in [6.07, 6.45) is 1.13. The Labute approximate surface area is 123 Å². The lowest BCUT2D eigenvalue weighted by Gasteiger charge is -2.19. The Balaban J connectivity index is 2.57. The van der Waals surface area contributed by atoms with Crippen LogP contribution in [-0.4, -0.2) is 23.6 Å². The average Bonchev–Trinajstić information content (AvgIpc) is 2.37. The van der Waals surface area contributed by atoms with Crippen molar-refractivity contribution in [2.24, 2.45) is 0 Å². The minimum atomic E-state index is 0.585. The number of thioether (sulfide) groups is 1. The van der Waals surface area contributed by atoms with Gasteiger partial charge in [-0.05, 0) is 35.3 Å². The smallest absolute Gasteiger partial charge is 0.0198 e. The standard InChI is InChI=1S/C17H29NS/c1-6-18-17(12-19-14(4)5)11-15-7-9-16(10-8-15)13(2)3/h7-10,13-14,17-18H,6,11-12H2,1-5H3. The Morgan fingerprint density at radius 1 is 1.05 bits per heavy atom. The fraction of sp³-hybridized carbons (Fsp3) is 0.647. The van der Waals surface area contributed by atoms with E-state index in [1.807, 2.05) is 11.8 Å². The van der Waals surface area contributed by atoms with Crippen molar-refractivity contribution in [2.75, 3.05) is 12.3 Å². The van der Waals surface area contributed by atoms with Crippen molar-refractivity contribution in [1.82, 2.24) is 5.32 Å². The second-order valence-electron chi connectivity index (χ2n) is 5.74. The third-order valence-corrected chi connectivity index (χ3v) is 4.51. The minimum absolute atomic E-state index is 0.585. The molecule has 0 radical (unpaired) electrons. The predicted octanol–water partition coefficient (Wildman–Crippen LogP) is 4.47. The van der Waals surface area contributed by atoms with Crippen molar-refractivity contribution in [1.29, 1.82) is 0 Å². The number of hydrogen-bond acceptors (Lipinski definition) is 2. The van der Waals surface area contributed by atoms with Crippen LogP contribution in [0.25, 0.3) is 0 Å². The molecular weight excluding hydrogens is 250 g/mol. The van der Waals surface area contributed by atoms with E-state index in [2.05, 4.69) is 64.2 Å². The van der Waals surface area contributed by atoms with E-state index in [0.29, 0.717) is 17.2 Å². The molecule has 108 valence electrons. The van der Waals surface area contributed by atoms with Crippen LogP contribution >= 0.6 is 11.8 Å². The first kappa shape index (κ1) is 16.6. The van der Waals surface area contributed by atoms with Gasteiger partial charge in [0, 0.05) is 11.8 Å². The van der Waals surface area contributed by atoms with Crippen molar-refractivity contribution >= 4 is 11.8 Å². The highest BCUT2D eigenvalue weighted by atomic mass is 32.2. The van der Waals surface area contributed by atoms with E-state index in [9.17, 15) is 0 Å². The molecular formula is C17H29NS. The quantitative estimate of drug-likeness (QED) is 0.753. The van der Waals surface area contributed by atoms with Gasteiger partial charge in [-0.3, -0.25) is 0 Å². The Bertz CT molecular complexity index is 343. The summed E-state index contributed by atoms with van der Waals surface area (Å²) < 4.78 is 0. The molecule has 1 rings (SSSR count). The molecule has 1 aromatic carbocycles. The molecule has 1 aromatic rings. The monoisotopic (exact) mass is 279 g/mol. The summed E-state index contributed by atoms with van der Waals surface area (Å²) >= 11 is 2.04. The molecule has 0 aliphatic rings. The van der Waals surface area contributed by atoms with Crippen LogP contribution in [0.2, 0.25) is 0 Å². The molecule has 19 heavy (non-hydrogen) atoms. The van der Waals surface area contributed by atoms with Crippen LogP contribution in [0.15, 0.2) is 24.3 Å². The fourth-order valence-electron chi connectivity index (χ4n) is 2.11. The lowest BCUT2D eigenvalue weighted by Crippen LogP contribution is -2.33. The topological polar surface area (TPSA) is 12.0 Å². The van der Waals surface area contributed by atoms with Gasteiger partial charge in [0.2, 0.25) is 0 Å². The Hall–Kier alpha value is -0.470. The van der Waals surface area contributed by atoms with Gasteiger partial charge in [0.15, 0.2) is 0 Å². The van der Waals surface area contributed by atoms with E-state index < -0.39 is 0 Å². The summed E-state index contributed by atoms with van der Waals surface area (Å²) in [6, 6.07) is 9.72. The molecule has 0 aromatic heterocycles. The van der Waals surface area contributed by atoms with E-state index in [-0.39, 0.29) is 0 Å². The zero-order valence-corrected chi connectivity index (χ0v) is 13.9. The summed E-state index contributed by atoms with van der Waals surface area (Å²) in [5.41, 5.74) is 2.88. The summed E-state index contributed by atoms with van der Waals surface area (Å²) in [5, 5.41) is 4.32. The van der Waals surface area contributed by atoms with Gasteiger partial charge in [-0.25, -0.2) is 0 Å². The van der Waals surface area contributed by atoms with Crippen LogP contribution in [0, 0.1) is 0 Å². The lowest BCUT2D eigenvalue weighted by atomic mass is 9.99. The molecule has 1 unspecified atom stereocenters. The first-order valence-electron chi connectivity index (χ1n) is 7.46. The van der Waals surface area contributed by atoms with Crippen molar-refractivity contribution in [2.45, 2.75) is 58.2 Å². The summed E-state index contributed by atoms with van der Waals surface area (Å²) in [7, 11) is 0. The fourth-order valence-corrected chi connectivity index (χ4v) is 2.96. The van der Waals surface area contributed by atoms with Crippen LogP contribution in [0.1, 0.15) is 51.7 Å². The SMILES string of the molecule is CCNC(CSC(C)C)Cc1ccc(C(C)C)cc1. The van der Waals surface area contributed by atoms with E-state index in [1.165, 1.54) is 16.9 Å². The van der Waals surface area contributed by atoms with Crippen molar-refractivity contribution in [3.8, 4) is 0 Å². The van der Waals surface area contributed by atoms with Gasteiger partial charge < -0.3 is 5.32 Å². The van der Waals surface area contributed by atoms with Gasteiger partial charge in [-0.1, -0.05) is 58.9 Å². The molecule has 0 aliphatic heterocycles. The van der Waals surface area contributed by atoms with Gasteiger partial charge in [-0.15, -0.1) is 0 Å². The minimum Gasteiger partial charge on any atom is -0.313 e. The largest absolute Gasteiger partial charge is 0.313 e. The molecule has 1 N–H and O–H groups in total. The Kier molecular flexibility index (Phi) is 7.55. The maximum absolute atomic E-state index is 3.60. The van der Waals surface area contributed by atoms with Crippen LogP contribution < -0.4 is 5.32 Å². The lowest BCUT2D eigenvalue weighted by molar-refractivity contribution is 0.572. The van der Waals surface area contributed by atoms with Crippen LogP contribution in [0.4, 0.5) is 0 Å². The van der Waals surface area contributed by atoms with Gasteiger partial charge >= 0.3 is 0 Å². The van der Waals surface area contributed by atoms with Gasteiger partial charge in [0.1, 0.15) is 0 Å². The van der Waals surface area contributed by atoms with Gasteiger partial charge in [0.25, 0.3) is 0 Å². The normalized spacial score (nSPS) is 13.2. The zero-order chi connectivity index (χ0) is 14.3. The highest BCUT2D eigenvalue weighted by molar-refractivity contribution is 7.99. The van der Waals surface area contributed by atoms with Crippen molar-refractivity contribution in [3.63, 3.8) is 0 Å². The average molecular weight is 279 g/mol. The zero-order valence-electron chi connectivity index (χ0n) is 13.1. The number of nitrogens with one attached hydrogen (secondary N) is 1. The molecule has 0 spiro atoms. The molecule has 0 aliphatic carbocycles. The first-order chi connectivity index (χ1) is 9.02. The highest BCUT2D eigenvalue weighted by Gasteiger charge is 2.10. The maximum atomic E-state index is 3.60. The molecule has 0 amide bonds. The second kappa shape index (κ2) is 8.65. The van der Waals surface area contributed by atoms with Crippen LogP contribution in [-0.2, 0) is 6.42 Å². The van der Waals surface area contributed by atoms with E-state index in [1.54, 1.807) is 0 Å². The maximum Gasteiger partial charge on any atom is 0.0198 e. The summed E-state index contributed by atoms with van der Waals surface area (Å²) in [6.45, 7) is 12.3. The number of rotatable bonds is 8. The second-order valence-corrected chi connectivity index (χ2v) is 7.35. The predicted molar refractivity (Wildman–Crippen MR) is 89.3 cm³/mol. The number of likely N-dealkylation sites (N-methyl/N-ethyl adjacent to an activating group) is 1. The summed E-state index contributed by atoms with van der Waals surface area (Å²) in [5.74, 6) is 1.81. The Morgan fingerprint density at radius 3 is 2.16 bits per heavy atom. The van der Waals surface area contributed by atoms with Gasteiger partial charge in [-0.2, -0.15) is 11.8 Å². The molecule has 0 saturated heterocycles. The first-order valence-corrected chi connectivity index (χ1v) is 8.51. The molecule has 0 bridgehead atoms. The van der Waals surface area contributed by atoms with E-state index in [0.717, 1.165) is 13.0 Å². The van der Waals surface area contributed by atoms with Crippen molar-refractivity contribution in [3.05, 3.63) is 35.4 Å².